The minimum Gasteiger partial charge on any atom is -0.497 e. The molecule has 1 heterocycles. The van der Waals surface area contributed by atoms with Gasteiger partial charge in [-0.15, -0.1) is 0 Å². The van der Waals surface area contributed by atoms with Crippen molar-refractivity contribution in [3.05, 3.63) is 54.6 Å². The van der Waals surface area contributed by atoms with E-state index in [1.54, 1.807) is 38.4 Å². The second-order valence-electron chi connectivity index (χ2n) is 5.71. The SMILES string of the molecule is COc1ccc(NC(=O)[C@H]2CC(=O)N(C)C(=Nc3ccccc3)S2)cc1. The van der Waals surface area contributed by atoms with E-state index >= 15 is 0 Å². The summed E-state index contributed by atoms with van der Waals surface area (Å²) in [4.78, 5) is 30.9. The van der Waals surface area contributed by atoms with Crippen LogP contribution in [0.25, 0.3) is 0 Å². The fourth-order valence-corrected chi connectivity index (χ4v) is 3.47. The van der Waals surface area contributed by atoms with Crippen LogP contribution in [0.3, 0.4) is 0 Å². The summed E-state index contributed by atoms with van der Waals surface area (Å²) in [6.07, 6.45) is 0.136. The Balaban J connectivity index is 1.73. The van der Waals surface area contributed by atoms with Gasteiger partial charge in [0.1, 0.15) is 11.0 Å². The molecule has 1 atom stereocenters. The molecule has 134 valence electrons. The van der Waals surface area contributed by atoms with Crippen molar-refractivity contribution in [3.8, 4) is 5.75 Å². The lowest BCUT2D eigenvalue weighted by atomic mass is 10.2. The fraction of sp³-hybridized carbons (Fsp3) is 0.211. The number of amidine groups is 1. The lowest BCUT2D eigenvalue weighted by Crippen LogP contribution is -2.43. The molecule has 26 heavy (non-hydrogen) atoms. The Morgan fingerprint density at radius 1 is 1.19 bits per heavy atom. The number of amides is 2. The van der Waals surface area contributed by atoms with Crippen LogP contribution in [0.5, 0.6) is 5.75 Å². The van der Waals surface area contributed by atoms with Crippen molar-refractivity contribution in [2.45, 2.75) is 11.7 Å². The lowest BCUT2D eigenvalue weighted by Gasteiger charge is -2.28. The van der Waals surface area contributed by atoms with Crippen molar-refractivity contribution in [2.24, 2.45) is 4.99 Å². The van der Waals surface area contributed by atoms with Gasteiger partial charge in [-0.05, 0) is 36.4 Å². The van der Waals surface area contributed by atoms with Crippen LogP contribution in [-0.4, -0.2) is 41.3 Å². The fourth-order valence-electron chi connectivity index (χ4n) is 2.41. The van der Waals surface area contributed by atoms with E-state index in [4.69, 9.17) is 4.74 Å². The second-order valence-corrected chi connectivity index (χ2v) is 6.88. The topological polar surface area (TPSA) is 71.0 Å². The monoisotopic (exact) mass is 369 g/mol. The Morgan fingerprint density at radius 2 is 1.88 bits per heavy atom. The van der Waals surface area contributed by atoms with Gasteiger partial charge in [0.15, 0.2) is 5.17 Å². The van der Waals surface area contributed by atoms with Gasteiger partial charge in [0, 0.05) is 19.2 Å². The van der Waals surface area contributed by atoms with Gasteiger partial charge in [0.05, 0.1) is 12.8 Å². The van der Waals surface area contributed by atoms with E-state index in [0.29, 0.717) is 16.6 Å². The molecule has 2 amide bonds. The van der Waals surface area contributed by atoms with Crippen LogP contribution < -0.4 is 10.1 Å². The predicted molar refractivity (Wildman–Crippen MR) is 104 cm³/mol. The number of methoxy groups -OCH3 is 1. The molecule has 1 fully saturated rings. The number of hydrogen-bond acceptors (Lipinski definition) is 5. The smallest absolute Gasteiger partial charge is 0.238 e. The van der Waals surface area contributed by atoms with Crippen LogP contribution in [0.2, 0.25) is 0 Å². The average Bonchev–Trinajstić information content (AvgIpc) is 2.66. The Labute approximate surface area is 156 Å². The van der Waals surface area contributed by atoms with Crippen LogP contribution >= 0.6 is 11.8 Å². The molecule has 1 aliphatic heterocycles. The summed E-state index contributed by atoms with van der Waals surface area (Å²) >= 11 is 1.29. The number of carbonyl (C=O) groups is 2. The molecule has 0 aliphatic carbocycles. The molecule has 0 bridgehead atoms. The number of nitrogens with zero attached hydrogens (tertiary/aromatic N) is 2. The van der Waals surface area contributed by atoms with E-state index < -0.39 is 5.25 Å². The molecule has 0 radical (unpaired) electrons. The normalized spacial score (nSPS) is 18.7. The van der Waals surface area contributed by atoms with Gasteiger partial charge in [-0.3, -0.25) is 14.5 Å². The first-order chi connectivity index (χ1) is 12.6. The molecule has 0 aromatic heterocycles. The number of rotatable bonds is 4. The molecule has 0 spiro atoms. The molecule has 1 N–H and O–H groups in total. The van der Waals surface area contributed by atoms with Crippen molar-refractivity contribution in [1.82, 2.24) is 4.90 Å². The Kier molecular flexibility index (Phi) is 5.58. The zero-order chi connectivity index (χ0) is 18.5. The summed E-state index contributed by atoms with van der Waals surface area (Å²) in [6, 6.07) is 16.4. The van der Waals surface area contributed by atoms with Gasteiger partial charge < -0.3 is 10.1 Å². The van der Waals surface area contributed by atoms with Gasteiger partial charge in [0.25, 0.3) is 0 Å². The van der Waals surface area contributed by atoms with Crippen molar-refractivity contribution in [2.75, 3.05) is 19.5 Å². The van der Waals surface area contributed by atoms with E-state index in [1.165, 1.54) is 16.7 Å². The molecule has 7 heteroatoms. The van der Waals surface area contributed by atoms with E-state index in [2.05, 4.69) is 10.3 Å². The third-order valence-electron chi connectivity index (χ3n) is 3.90. The van der Waals surface area contributed by atoms with E-state index in [1.807, 2.05) is 30.3 Å². The van der Waals surface area contributed by atoms with Crippen LogP contribution in [-0.2, 0) is 9.59 Å². The quantitative estimate of drug-likeness (QED) is 0.898. The molecular formula is C19H19N3O3S. The lowest BCUT2D eigenvalue weighted by molar-refractivity contribution is -0.128. The van der Waals surface area contributed by atoms with E-state index in [-0.39, 0.29) is 18.2 Å². The van der Waals surface area contributed by atoms with Crippen molar-refractivity contribution >= 4 is 40.1 Å². The maximum atomic E-state index is 12.6. The number of anilines is 1. The van der Waals surface area contributed by atoms with Crippen LogP contribution in [0.1, 0.15) is 6.42 Å². The largest absolute Gasteiger partial charge is 0.497 e. The van der Waals surface area contributed by atoms with Crippen LogP contribution in [0.15, 0.2) is 59.6 Å². The van der Waals surface area contributed by atoms with Gasteiger partial charge in [-0.25, -0.2) is 4.99 Å². The minimum absolute atomic E-state index is 0.131. The summed E-state index contributed by atoms with van der Waals surface area (Å²) in [7, 11) is 3.26. The first-order valence-electron chi connectivity index (χ1n) is 8.08. The maximum Gasteiger partial charge on any atom is 0.238 e. The second kappa shape index (κ2) is 8.05. The number of thioether (sulfide) groups is 1. The first kappa shape index (κ1) is 18.0. The summed E-state index contributed by atoms with van der Waals surface area (Å²) in [6.45, 7) is 0. The van der Waals surface area contributed by atoms with Crippen LogP contribution in [0, 0.1) is 0 Å². The highest BCUT2D eigenvalue weighted by atomic mass is 32.2. The molecule has 0 saturated carbocycles. The molecule has 2 aromatic rings. The van der Waals surface area contributed by atoms with Crippen molar-refractivity contribution in [1.29, 1.82) is 0 Å². The van der Waals surface area contributed by atoms with E-state index in [9.17, 15) is 9.59 Å². The Bertz CT molecular complexity index is 822. The summed E-state index contributed by atoms with van der Waals surface area (Å²) in [5.74, 6) is 0.361. The van der Waals surface area contributed by atoms with Gasteiger partial charge in [0.2, 0.25) is 11.8 Å². The van der Waals surface area contributed by atoms with Crippen molar-refractivity contribution in [3.63, 3.8) is 0 Å². The highest BCUT2D eigenvalue weighted by molar-refractivity contribution is 8.15. The Morgan fingerprint density at radius 3 is 2.54 bits per heavy atom. The number of ether oxygens (including phenoxy) is 1. The third kappa shape index (κ3) is 4.23. The van der Waals surface area contributed by atoms with Gasteiger partial charge >= 0.3 is 0 Å². The summed E-state index contributed by atoms with van der Waals surface area (Å²) < 4.78 is 5.10. The molecule has 0 unspecified atom stereocenters. The number of nitrogens with one attached hydrogen (secondary N) is 1. The Hall–Kier alpha value is -2.80. The molecule has 1 saturated heterocycles. The predicted octanol–water partition coefficient (Wildman–Crippen LogP) is 3.29. The summed E-state index contributed by atoms with van der Waals surface area (Å²) in [5.41, 5.74) is 1.40. The number of benzene rings is 2. The number of para-hydroxylation sites is 1. The third-order valence-corrected chi connectivity index (χ3v) is 5.14. The highest BCUT2D eigenvalue weighted by Gasteiger charge is 2.34. The molecule has 1 aliphatic rings. The number of aliphatic imine (C=N–C) groups is 1. The molecule has 6 nitrogen and oxygen atoms in total. The maximum absolute atomic E-state index is 12.6. The molecule has 2 aromatic carbocycles. The zero-order valence-corrected chi connectivity index (χ0v) is 15.3. The zero-order valence-electron chi connectivity index (χ0n) is 14.5. The number of carbonyl (C=O) groups excluding carboxylic acids is 2. The highest BCUT2D eigenvalue weighted by Crippen LogP contribution is 2.29. The molecule has 3 rings (SSSR count). The standard InChI is InChI=1S/C19H19N3O3S/c1-22-17(23)12-16(26-19(22)21-13-6-4-3-5-7-13)18(24)20-14-8-10-15(25-2)11-9-14/h3-11,16H,12H2,1-2H3,(H,20,24)/t16-/m1/s1. The van der Waals surface area contributed by atoms with Crippen molar-refractivity contribution < 1.29 is 14.3 Å². The van der Waals surface area contributed by atoms with Gasteiger partial charge in [-0.2, -0.15) is 0 Å². The average molecular weight is 369 g/mol. The molecular weight excluding hydrogens is 350 g/mol. The van der Waals surface area contributed by atoms with Crippen LogP contribution in [0.4, 0.5) is 11.4 Å². The summed E-state index contributed by atoms with van der Waals surface area (Å²) in [5, 5.41) is 2.83. The van der Waals surface area contributed by atoms with E-state index in [0.717, 1.165) is 5.69 Å². The first-order valence-corrected chi connectivity index (χ1v) is 8.96. The minimum atomic E-state index is -0.525. The number of hydrogen-bond donors (Lipinski definition) is 1. The van der Waals surface area contributed by atoms with Gasteiger partial charge in [-0.1, -0.05) is 30.0 Å².